The SMILES string of the molecule is Cc1ccc(C(=O)NC(CC(C)C)C(=O)N2CCC3C2C(=O)CN3S(=O)(=O)Cc2ccccn2)cc1. The Bertz CT molecular complexity index is 1230. The molecule has 10 heteroatoms. The first-order valence-electron chi connectivity index (χ1n) is 12.2. The molecular weight excluding hydrogens is 480 g/mol. The summed E-state index contributed by atoms with van der Waals surface area (Å²) in [7, 11) is -3.80. The molecule has 0 saturated carbocycles. The second-order valence-corrected chi connectivity index (χ2v) is 11.9. The Kier molecular flexibility index (Phi) is 7.56. The highest BCUT2D eigenvalue weighted by atomic mass is 32.2. The number of nitrogens with zero attached hydrogens (tertiary/aromatic N) is 3. The minimum atomic E-state index is -3.80. The van der Waals surface area contributed by atoms with Crippen LogP contribution in [0.5, 0.6) is 0 Å². The van der Waals surface area contributed by atoms with Gasteiger partial charge in [0.05, 0.1) is 18.3 Å². The Morgan fingerprint density at radius 3 is 2.50 bits per heavy atom. The first-order valence-corrected chi connectivity index (χ1v) is 13.8. The fourth-order valence-electron chi connectivity index (χ4n) is 4.98. The Hall–Kier alpha value is -3.11. The van der Waals surface area contributed by atoms with E-state index in [1.165, 1.54) is 15.4 Å². The summed E-state index contributed by atoms with van der Waals surface area (Å²) >= 11 is 0. The van der Waals surface area contributed by atoms with Gasteiger partial charge in [0.2, 0.25) is 15.9 Å². The smallest absolute Gasteiger partial charge is 0.251 e. The van der Waals surface area contributed by atoms with E-state index in [0.29, 0.717) is 24.1 Å². The maximum atomic E-state index is 13.6. The summed E-state index contributed by atoms with van der Waals surface area (Å²) in [5.41, 5.74) is 1.87. The number of nitrogens with one attached hydrogen (secondary N) is 1. The van der Waals surface area contributed by atoms with Gasteiger partial charge in [0.1, 0.15) is 17.8 Å². The molecule has 9 nitrogen and oxygen atoms in total. The van der Waals surface area contributed by atoms with Crippen molar-refractivity contribution in [1.29, 1.82) is 0 Å². The summed E-state index contributed by atoms with van der Waals surface area (Å²) in [6, 6.07) is 9.85. The van der Waals surface area contributed by atoms with Gasteiger partial charge < -0.3 is 10.2 Å². The van der Waals surface area contributed by atoms with Gasteiger partial charge in [0.25, 0.3) is 5.91 Å². The van der Waals surface area contributed by atoms with E-state index in [0.717, 1.165) is 5.56 Å². The number of amides is 2. The van der Waals surface area contributed by atoms with Crippen LogP contribution in [0.2, 0.25) is 0 Å². The number of carbonyl (C=O) groups excluding carboxylic acids is 3. The Morgan fingerprint density at radius 1 is 1.14 bits per heavy atom. The molecule has 1 N–H and O–H groups in total. The van der Waals surface area contributed by atoms with Gasteiger partial charge in [-0.05, 0) is 49.9 Å². The van der Waals surface area contributed by atoms with Crippen molar-refractivity contribution in [1.82, 2.24) is 19.5 Å². The van der Waals surface area contributed by atoms with E-state index >= 15 is 0 Å². The number of carbonyl (C=O) groups is 3. The topological polar surface area (TPSA) is 117 Å². The van der Waals surface area contributed by atoms with Gasteiger partial charge in [-0.3, -0.25) is 19.4 Å². The van der Waals surface area contributed by atoms with E-state index < -0.39 is 28.1 Å². The van der Waals surface area contributed by atoms with Gasteiger partial charge in [-0.25, -0.2) is 8.42 Å². The van der Waals surface area contributed by atoms with Gasteiger partial charge in [0.15, 0.2) is 5.78 Å². The summed E-state index contributed by atoms with van der Waals surface area (Å²) in [4.78, 5) is 45.0. The molecule has 3 unspecified atom stereocenters. The normalized spacial score (nSPS) is 21.0. The number of benzene rings is 1. The largest absolute Gasteiger partial charge is 0.340 e. The molecule has 2 aromatic rings. The van der Waals surface area contributed by atoms with E-state index in [4.69, 9.17) is 0 Å². The summed E-state index contributed by atoms with van der Waals surface area (Å²) in [6.07, 6.45) is 2.29. The number of ketones is 1. The summed E-state index contributed by atoms with van der Waals surface area (Å²) < 4.78 is 27.5. The van der Waals surface area contributed by atoms with E-state index in [1.807, 2.05) is 32.9 Å². The highest BCUT2D eigenvalue weighted by Gasteiger charge is 2.54. The number of pyridine rings is 1. The molecular formula is C26H32N4O5S. The quantitative estimate of drug-likeness (QED) is 0.578. The summed E-state index contributed by atoms with van der Waals surface area (Å²) in [6.45, 7) is 5.83. The van der Waals surface area contributed by atoms with Gasteiger partial charge >= 0.3 is 0 Å². The lowest BCUT2D eigenvalue weighted by Gasteiger charge is -2.29. The predicted octanol–water partition coefficient (Wildman–Crippen LogP) is 1.92. The molecule has 0 bridgehead atoms. The number of likely N-dealkylation sites (tertiary alicyclic amines) is 1. The van der Waals surface area contributed by atoms with E-state index in [2.05, 4.69) is 10.3 Å². The molecule has 2 aliphatic heterocycles. The first kappa shape index (κ1) is 26.0. The number of aromatic nitrogens is 1. The molecule has 0 aliphatic carbocycles. The zero-order chi connectivity index (χ0) is 26.0. The van der Waals surface area contributed by atoms with Gasteiger partial charge in [-0.2, -0.15) is 4.31 Å². The summed E-state index contributed by atoms with van der Waals surface area (Å²) in [5, 5.41) is 2.85. The molecule has 36 heavy (non-hydrogen) atoms. The lowest BCUT2D eigenvalue weighted by atomic mass is 10.0. The lowest BCUT2D eigenvalue weighted by Crippen LogP contribution is -2.53. The molecule has 2 fully saturated rings. The fourth-order valence-corrected chi connectivity index (χ4v) is 6.64. The van der Waals surface area contributed by atoms with Crippen molar-refractivity contribution in [3.63, 3.8) is 0 Å². The third-order valence-corrected chi connectivity index (χ3v) is 8.47. The van der Waals surface area contributed by atoms with Crippen molar-refractivity contribution in [2.24, 2.45) is 5.92 Å². The average molecular weight is 513 g/mol. The maximum absolute atomic E-state index is 13.6. The van der Waals surface area contributed by atoms with Crippen LogP contribution in [0, 0.1) is 12.8 Å². The highest BCUT2D eigenvalue weighted by molar-refractivity contribution is 7.88. The van der Waals surface area contributed by atoms with Gasteiger partial charge in [0, 0.05) is 18.3 Å². The second-order valence-electron chi connectivity index (χ2n) is 9.94. The second kappa shape index (κ2) is 10.5. The van der Waals surface area contributed by atoms with E-state index in [9.17, 15) is 22.8 Å². The molecule has 0 radical (unpaired) electrons. The Balaban J connectivity index is 1.51. The van der Waals surface area contributed by atoms with Crippen molar-refractivity contribution in [2.75, 3.05) is 13.1 Å². The van der Waals surface area contributed by atoms with Crippen LogP contribution in [0.15, 0.2) is 48.7 Å². The number of fused-ring (bicyclic) bond motifs is 1. The van der Waals surface area contributed by atoms with Gasteiger partial charge in [-0.15, -0.1) is 0 Å². The maximum Gasteiger partial charge on any atom is 0.251 e. The van der Waals surface area contributed by atoms with E-state index in [-0.39, 0.29) is 42.4 Å². The average Bonchev–Trinajstić information content (AvgIpc) is 3.40. The fraction of sp³-hybridized carbons (Fsp3) is 0.462. The first-order chi connectivity index (χ1) is 17.1. The van der Waals surface area contributed by atoms with Crippen LogP contribution in [-0.4, -0.2) is 71.4 Å². The van der Waals surface area contributed by atoms with Crippen molar-refractivity contribution < 1.29 is 22.8 Å². The zero-order valence-corrected chi connectivity index (χ0v) is 21.6. The van der Waals surface area contributed by atoms with Crippen LogP contribution in [0.1, 0.15) is 48.3 Å². The molecule has 3 atom stereocenters. The van der Waals surface area contributed by atoms with Gasteiger partial charge in [-0.1, -0.05) is 37.6 Å². The molecule has 0 spiro atoms. The summed E-state index contributed by atoms with van der Waals surface area (Å²) in [5.74, 6) is -1.20. The minimum Gasteiger partial charge on any atom is -0.340 e. The van der Waals surface area contributed by atoms with Crippen LogP contribution >= 0.6 is 0 Å². The molecule has 2 aliphatic rings. The third kappa shape index (κ3) is 5.49. The molecule has 2 amide bonds. The molecule has 4 rings (SSSR count). The van der Waals surface area contributed by atoms with Crippen LogP contribution in [0.25, 0.3) is 0 Å². The van der Waals surface area contributed by atoms with Crippen molar-refractivity contribution in [3.8, 4) is 0 Å². The molecule has 3 heterocycles. The van der Waals surface area contributed by atoms with Crippen molar-refractivity contribution in [2.45, 2.75) is 57.5 Å². The third-order valence-electron chi connectivity index (χ3n) is 6.70. The molecule has 1 aromatic carbocycles. The van der Waals surface area contributed by atoms with E-state index in [1.54, 1.807) is 30.3 Å². The van der Waals surface area contributed by atoms with Crippen molar-refractivity contribution in [3.05, 3.63) is 65.5 Å². The van der Waals surface area contributed by atoms with Crippen molar-refractivity contribution >= 4 is 27.6 Å². The molecule has 192 valence electrons. The highest BCUT2D eigenvalue weighted by Crippen LogP contribution is 2.33. The zero-order valence-electron chi connectivity index (χ0n) is 20.8. The van der Waals surface area contributed by atoms with Crippen LogP contribution < -0.4 is 5.32 Å². The number of hydrogen-bond acceptors (Lipinski definition) is 6. The lowest BCUT2D eigenvalue weighted by molar-refractivity contribution is -0.138. The van der Waals surface area contributed by atoms with Crippen LogP contribution in [0.4, 0.5) is 0 Å². The minimum absolute atomic E-state index is 0.116. The molecule has 1 aromatic heterocycles. The molecule has 2 saturated heterocycles. The number of hydrogen-bond donors (Lipinski definition) is 1. The predicted molar refractivity (Wildman–Crippen MR) is 134 cm³/mol. The Labute approximate surface area is 211 Å². The number of sulfonamides is 1. The monoisotopic (exact) mass is 512 g/mol. The number of Topliss-reactive ketones (excluding diaryl/α,β-unsaturated/α-hetero) is 1. The van der Waals surface area contributed by atoms with Crippen LogP contribution in [0.3, 0.4) is 0 Å². The number of rotatable bonds is 8. The standard InChI is InChI=1S/C26H32N4O5S/c1-17(2)14-21(28-25(32)19-9-7-18(3)8-10-19)26(33)29-13-11-22-24(29)23(31)15-30(22)36(34,35)16-20-6-4-5-12-27-20/h4-10,12,17,21-22,24H,11,13-16H2,1-3H3,(H,28,32). The Morgan fingerprint density at radius 2 is 1.86 bits per heavy atom. The van der Waals surface area contributed by atoms with Crippen LogP contribution in [-0.2, 0) is 25.4 Å². The number of aryl methyl sites for hydroxylation is 1.